The smallest absolute Gasteiger partial charge is 0.312 e. The topological polar surface area (TPSA) is 118 Å². The molecule has 3 amide bonds. The maximum absolute atomic E-state index is 11.6. The second kappa shape index (κ2) is 6.38. The van der Waals surface area contributed by atoms with Crippen LogP contribution in [-0.4, -0.2) is 32.7 Å². The van der Waals surface area contributed by atoms with Gasteiger partial charge in [0.25, 0.3) is 0 Å². The number of primary amides is 1. The first kappa shape index (κ1) is 16.0. The molecule has 0 radical (unpaired) electrons. The maximum atomic E-state index is 11.6. The Morgan fingerprint density at radius 1 is 1.25 bits per heavy atom. The van der Waals surface area contributed by atoms with E-state index < -0.39 is 21.9 Å². The van der Waals surface area contributed by atoms with Gasteiger partial charge in [-0.1, -0.05) is 12.1 Å². The summed E-state index contributed by atoms with van der Waals surface area (Å²) in [7, 11) is -3.23. The Kier molecular flexibility index (Phi) is 5.09. The Labute approximate surface area is 117 Å². The Bertz CT molecular complexity index is 596. The number of carbonyl (C=O) groups excluding carboxylic acids is 2. The van der Waals surface area contributed by atoms with Gasteiger partial charge in [-0.3, -0.25) is 4.79 Å². The minimum absolute atomic E-state index is 0.219. The van der Waals surface area contributed by atoms with E-state index in [4.69, 9.17) is 5.73 Å². The van der Waals surface area contributed by atoms with Crippen molar-refractivity contribution in [1.29, 1.82) is 0 Å². The predicted molar refractivity (Wildman–Crippen MR) is 73.6 cm³/mol. The molecule has 0 heterocycles. The van der Waals surface area contributed by atoms with Gasteiger partial charge in [0.1, 0.15) is 6.04 Å². The Morgan fingerprint density at radius 3 is 2.25 bits per heavy atom. The van der Waals surface area contributed by atoms with Crippen LogP contribution >= 0.6 is 0 Å². The summed E-state index contributed by atoms with van der Waals surface area (Å²) in [6.45, 7) is 1.74. The highest BCUT2D eigenvalue weighted by molar-refractivity contribution is 7.90. The minimum atomic E-state index is -3.23. The number of hydrogen-bond acceptors (Lipinski definition) is 4. The number of hydrogen-bond donors (Lipinski definition) is 3. The molecule has 0 saturated carbocycles. The van der Waals surface area contributed by atoms with Crippen molar-refractivity contribution in [3.8, 4) is 0 Å². The molecule has 1 rings (SSSR count). The second-order valence-corrected chi connectivity index (χ2v) is 6.38. The van der Waals surface area contributed by atoms with Crippen LogP contribution in [0.2, 0.25) is 0 Å². The number of benzene rings is 1. The van der Waals surface area contributed by atoms with Gasteiger partial charge in [-0.25, -0.2) is 13.2 Å². The van der Waals surface area contributed by atoms with Crippen molar-refractivity contribution >= 4 is 21.8 Å². The van der Waals surface area contributed by atoms with Crippen LogP contribution in [0.4, 0.5) is 4.79 Å². The third kappa shape index (κ3) is 4.88. The standard InChI is InChI=1S/C12H17N3O4S/c1-8(15-12(13)17)11(16)14-7-9-3-5-10(6-4-9)20(2,18)19/h3-6,8H,7H2,1-2H3,(H,14,16)(H3,13,15,17)/t8-/m0/s1. The van der Waals surface area contributed by atoms with Crippen molar-refractivity contribution in [2.24, 2.45) is 5.73 Å². The molecule has 0 fully saturated rings. The molecule has 0 saturated heterocycles. The first-order valence-corrected chi connectivity index (χ1v) is 7.72. The highest BCUT2D eigenvalue weighted by Crippen LogP contribution is 2.10. The van der Waals surface area contributed by atoms with E-state index >= 15 is 0 Å². The molecule has 0 aliphatic rings. The number of nitrogens with two attached hydrogens (primary N) is 1. The molecule has 0 unspecified atom stereocenters. The Hall–Kier alpha value is -2.09. The predicted octanol–water partition coefficient (Wildman–Crippen LogP) is -0.237. The average Bonchev–Trinajstić information content (AvgIpc) is 2.34. The molecule has 1 atom stereocenters. The van der Waals surface area contributed by atoms with Crippen LogP contribution < -0.4 is 16.4 Å². The van der Waals surface area contributed by atoms with Gasteiger partial charge in [-0.15, -0.1) is 0 Å². The van der Waals surface area contributed by atoms with E-state index in [1.54, 1.807) is 12.1 Å². The molecule has 0 aliphatic heterocycles. The molecule has 4 N–H and O–H groups in total. The van der Waals surface area contributed by atoms with Crippen LogP contribution in [0.3, 0.4) is 0 Å². The van der Waals surface area contributed by atoms with Gasteiger partial charge in [-0.2, -0.15) is 0 Å². The van der Waals surface area contributed by atoms with Crippen LogP contribution in [0.25, 0.3) is 0 Å². The van der Waals surface area contributed by atoms with E-state index in [-0.39, 0.29) is 17.3 Å². The lowest BCUT2D eigenvalue weighted by Gasteiger charge is -2.12. The van der Waals surface area contributed by atoms with E-state index in [1.165, 1.54) is 19.1 Å². The highest BCUT2D eigenvalue weighted by atomic mass is 32.2. The zero-order valence-electron chi connectivity index (χ0n) is 11.2. The fourth-order valence-electron chi connectivity index (χ4n) is 1.48. The lowest BCUT2D eigenvalue weighted by molar-refractivity contribution is -0.122. The van der Waals surface area contributed by atoms with Crippen LogP contribution in [0.15, 0.2) is 29.2 Å². The minimum Gasteiger partial charge on any atom is -0.352 e. The largest absolute Gasteiger partial charge is 0.352 e. The lowest BCUT2D eigenvalue weighted by atomic mass is 10.2. The monoisotopic (exact) mass is 299 g/mol. The molecule has 7 nitrogen and oxygen atoms in total. The molecule has 20 heavy (non-hydrogen) atoms. The van der Waals surface area contributed by atoms with Gasteiger partial charge >= 0.3 is 6.03 Å². The van der Waals surface area contributed by atoms with E-state index in [0.717, 1.165) is 11.8 Å². The van der Waals surface area contributed by atoms with Crippen molar-refractivity contribution in [1.82, 2.24) is 10.6 Å². The van der Waals surface area contributed by atoms with Gasteiger partial charge < -0.3 is 16.4 Å². The number of nitrogens with one attached hydrogen (secondary N) is 2. The molecule has 1 aromatic carbocycles. The van der Waals surface area contributed by atoms with E-state index in [0.29, 0.717) is 0 Å². The van der Waals surface area contributed by atoms with Gasteiger partial charge in [0.05, 0.1) is 4.90 Å². The fourth-order valence-corrected chi connectivity index (χ4v) is 2.11. The summed E-state index contributed by atoms with van der Waals surface area (Å²) in [5.74, 6) is -0.379. The zero-order chi connectivity index (χ0) is 15.3. The van der Waals surface area contributed by atoms with E-state index in [9.17, 15) is 18.0 Å². The number of sulfone groups is 1. The van der Waals surface area contributed by atoms with Crippen LogP contribution in [0.5, 0.6) is 0 Å². The molecule has 110 valence electrons. The third-order valence-electron chi connectivity index (χ3n) is 2.57. The molecule has 0 aromatic heterocycles. The molecular formula is C12H17N3O4S. The molecule has 0 bridgehead atoms. The average molecular weight is 299 g/mol. The van der Waals surface area contributed by atoms with Crippen molar-refractivity contribution in [2.45, 2.75) is 24.4 Å². The summed E-state index contributed by atoms with van der Waals surface area (Å²) < 4.78 is 22.6. The second-order valence-electron chi connectivity index (χ2n) is 4.36. The van der Waals surface area contributed by atoms with Crippen molar-refractivity contribution < 1.29 is 18.0 Å². The number of amides is 3. The van der Waals surface area contributed by atoms with Gasteiger partial charge in [0.2, 0.25) is 5.91 Å². The molecular weight excluding hydrogens is 282 g/mol. The summed E-state index contributed by atoms with van der Waals surface area (Å²) in [6, 6.07) is 4.67. The van der Waals surface area contributed by atoms with Crippen molar-refractivity contribution in [3.63, 3.8) is 0 Å². The van der Waals surface area contributed by atoms with Crippen molar-refractivity contribution in [3.05, 3.63) is 29.8 Å². The van der Waals surface area contributed by atoms with Crippen LogP contribution in [0.1, 0.15) is 12.5 Å². The molecule has 0 aliphatic carbocycles. The third-order valence-corrected chi connectivity index (χ3v) is 3.70. The van der Waals surface area contributed by atoms with Crippen molar-refractivity contribution in [2.75, 3.05) is 6.26 Å². The number of urea groups is 1. The number of carbonyl (C=O) groups is 2. The van der Waals surface area contributed by atoms with Crippen LogP contribution in [0, 0.1) is 0 Å². The normalized spacial score (nSPS) is 12.5. The van der Waals surface area contributed by atoms with E-state index in [1.807, 2.05) is 0 Å². The molecule has 1 aromatic rings. The Balaban J connectivity index is 2.58. The maximum Gasteiger partial charge on any atom is 0.312 e. The van der Waals surface area contributed by atoms with Crippen LogP contribution in [-0.2, 0) is 21.2 Å². The lowest BCUT2D eigenvalue weighted by Crippen LogP contribution is -2.46. The molecule has 0 spiro atoms. The molecule has 8 heteroatoms. The Morgan fingerprint density at radius 2 is 1.80 bits per heavy atom. The van der Waals surface area contributed by atoms with E-state index in [2.05, 4.69) is 10.6 Å². The first-order valence-electron chi connectivity index (χ1n) is 5.83. The SMILES string of the molecule is C[C@H](NC(N)=O)C(=O)NCc1ccc(S(C)(=O)=O)cc1. The summed E-state index contributed by atoms with van der Waals surface area (Å²) in [5.41, 5.74) is 5.66. The zero-order valence-corrected chi connectivity index (χ0v) is 12.0. The summed E-state index contributed by atoms with van der Waals surface area (Å²) in [4.78, 5) is 22.4. The quantitative estimate of drug-likeness (QED) is 0.695. The summed E-state index contributed by atoms with van der Waals surface area (Å²) >= 11 is 0. The fraction of sp³-hybridized carbons (Fsp3) is 0.333. The van der Waals surface area contributed by atoms with Gasteiger partial charge in [0, 0.05) is 12.8 Å². The van der Waals surface area contributed by atoms with Gasteiger partial charge in [-0.05, 0) is 24.6 Å². The summed E-state index contributed by atoms with van der Waals surface area (Å²) in [5, 5.41) is 4.86. The summed E-state index contributed by atoms with van der Waals surface area (Å²) in [6.07, 6.45) is 1.13. The van der Waals surface area contributed by atoms with Gasteiger partial charge in [0.15, 0.2) is 9.84 Å². The highest BCUT2D eigenvalue weighted by Gasteiger charge is 2.13. The number of rotatable bonds is 5. The first-order chi connectivity index (χ1) is 9.20.